The van der Waals surface area contributed by atoms with Crippen LogP contribution in [-0.2, 0) is 4.74 Å². The Morgan fingerprint density at radius 3 is 2.52 bits per heavy atom. The van der Waals surface area contributed by atoms with Crippen molar-refractivity contribution in [3.63, 3.8) is 0 Å². The van der Waals surface area contributed by atoms with Gasteiger partial charge in [0.2, 0.25) is 5.88 Å². The number of amides is 2. The Morgan fingerprint density at radius 2 is 1.88 bits per heavy atom. The van der Waals surface area contributed by atoms with Gasteiger partial charge in [0.1, 0.15) is 18.5 Å². The molecule has 2 aromatic carbocycles. The molecular formula is C27H32F3N5O5. The van der Waals surface area contributed by atoms with Crippen LogP contribution in [-0.4, -0.2) is 89.6 Å². The molecule has 1 saturated heterocycles. The number of benzene rings is 2. The summed E-state index contributed by atoms with van der Waals surface area (Å²) in [6, 6.07) is 9.71. The molecule has 4 rings (SSSR count). The standard InChI is InChI=1S/C27H32F3N5O5/c1-16-25(35(18-6-4-3-5-7-18)33-26(16)40-15-19(37)14-36)32-27(38)31-23-13-34(8-9-39-2)12-20(23)17-10-21(28)24(30)22(29)11-17/h3-7,10-11,19-20,23,36-37H,8-9,12-15H2,1-2H3,(H2,31,32,38)/t19-,20-,23+/m0/s1. The van der Waals surface area contributed by atoms with Crippen LogP contribution in [0.15, 0.2) is 42.5 Å². The lowest BCUT2D eigenvalue weighted by Crippen LogP contribution is -2.42. The highest BCUT2D eigenvalue weighted by molar-refractivity contribution is 5.90. The summed E-state index contributed by atoms with van der Waals surface area (Å²) in [4.78, 5) is 15.3. The van der Waals surface area contributed by atoms with E-state index in [-0.39, 0.29) is 18.1 Å². The van der Waals surface area contributed by atoms with Crippen LogP contribution in [0.3, 0.4) is 0 Å². The number of ether oxygens (including phenoxy) is 2. The van der Waals surface area contributed by atoms with Crippen molar-refractivity contribution >= 4 is 11.8 Å². The van der Waals surface area contributed by atoms with Crippen molar-refractivity contribution in [1.82, 2.24) is 20.0 Å². The van der Waals surface area contributed by atoms with Crippen LogP contribution in [0, 0.1) is 24.4 Å². The van der Waals surface area contributed by atoms with Crippen molar-refractivity contribution < 1.29 is 37.7 Å². The Bertz CT molecular complexity index is 1290. The zero-order valence-corrected chi connectivity index (χ0v) is 22.1. The number of nitrogens with zero attached hydrogens (tertiary/aromatic N) is 3. The summed E-state index contributed by atoms with van der Waals surface area (Å²) in [5.41, 5.74) is 1.32. The summed E-state index contributed by atoms with van der Waals surface area (Å²) < 4.78 is 53.9. The van der Waals surface area contributed by atoms with Gasteiger partial charge in [-0.15, -0.1) is 5.10 Å². The first-order valence-electron chi connectivity index (χ1n) is 12.7. The fourth-order valence-electron chi connectivity index (χ4n) is 4.62. The van der Waals surface area contributed by atoms with E-state index in [0.717, 1.165) is 12.1 Å². The van der Waals surface area contributed by atoms with Crippen molar-refractivity contribution in [2.45, 2.75) is 25.0 Å². The number of hydrogen-bond donors (Lipinski definition) is 4. The lowest BCUT2D eigenvalue weighted by atomic mass is 9.94. The summed E-state index contributed by atoms with van der Waals surface area (Å²) in [5.74, 6) is -4.22. The molecule has 3 aromatic rings. The highest BCUT2D eigenvalue weighted by Crippen LogP contribution is 2.31. The predicted molar refractivity (Wildman–Crippen MR) is 140 cm³/mol. The molecular weight excluding hydrogens is 531 g/mol. The molecule has 10 nitrogen and oxygen atoms in total. The number of urea groups is 1. The predicted octanol–water partition coefficient (Wildman–Crippen LogP) is 2.57. The number of aromatic nitrogens is 2. The molecule has 2 amide bonds. The number of halogens is 3. The number of hydrogen-bond acceptors (Lipinski definition) is 7. The van der Waals surface area contributed by atoms with Crippen LogP contribution in [0.25, 0.3) is 5.69 Å². The van der Waals surface area contributed by atoms with E-state index in [2.05, 4.69) is 15.7 Å². The van der Waals surface area contributed by atoms with Crippen LogP contribution in [0.4, 0.5) is 23.8 Å². The average Bonchev–Trinajstić information content (AvgIpc) is 3.49. The van der Waals surface area contributed by atoms with Gasteiger partial charge in [0.05, 0.1) is 30.5 Å². The van der Waals surface area contributed by atoms with Gasteiger partial charge in [-0.1, -0.05) is 18.2 Å². The first-order chi connectivity index (χ1) is 19.2. The fraction of sp³-hybridized carbons (Fsp3) is 0.407. The molecule has 1 fully saturated rings. The smallest absolute Gasteiger partial charge is 0.320 e. The number of carbonyl (C=O) groups excluding carboxylic acids is 1. The molecule has 216 valence electrons. The van der Waals surface area contributed by atoms with E-state index in [1.165, 1.54) is 4.68 Å². The maximum absolute atomic E-state index is 14.1. The zero-order valence-electron chi connectivity index (χ0n) is 22.1. The average molecular weight is 564 g/mol. The monoisotopic (exact) mass is 563 g/mol. The van der Waals surface area contributed by atoms with Gasteiger partial charge in [-0.2, -0.15) is 0 Å². The number of aliphatic hydroxyl groups is 2. The van der Waals surface area contributed by atoms with Crippen molar-refractivity contribution in [3.05, 3.63) is 71.0 Å². The second-order valence-corrected chi connectivity index (χ2v) is 9.54. The highest BCUT2D eigenvalue weighted by atomic mass is 19.2. The van der Waals surface area contributed by atoms with E-state index in [1.807, 2.05) is 11.0 Å². The summed E-state index contributed by atoms with van der Waals surface area (Å²) in [6.07, 6.45) is -1.11. The molecule has 0 bridgehead atoms. The quantitative estimate of drug-likeness (QED) is 0.265. The molecule has 4 N–H and O–H groups in total. The number of nitrogens with one attached hydrogen (secondary N) is 2. The molecule has 1 aliphatic heterocycles. The van der Waals surface area contributed by atoms with Gasteiger partial charge >= 0.3 is 6.03 Å². The van der Waals surface area contributed by atoms with Crippen LogP contribution >= 0.6 is 0 Å². The largest absolute Gasteiger partial charge is 0.474 e. The van der Waals surface area contributed by atoms with Gasteiger partial charge in [-0.05, 0) is 36.8 Å². The Balaban J connectivity index is 1.58. The van der Waals surface area contributed by atoms with Gasteiger partial charge in [-0.3, -0.25) is 10.2 Å². The molecule has 0 aliphatic carbocycles. The summed E-state index contributed by atoms with van der Waals surface area (Å²) >= 11 is 0. The van der Waals surface area contributed by atoms with E-state index in [4.69, 9.17) is 14.6 Å². The second kappa shape index (κ2) is 13.1. The van der Waals surface area contributed by atoms with Crippen molar-refractivity contribution in [1.29, 1.82) is 0 Å². The maximum Gasteiger partial charge on any atom is 0.320 e. The number of rotatable bonds is 11. The summed E-state index contributed by atoms with van der Waals surface area (Å²) in [6.45, 7) is 2.66. The number of para-hydroxylation sites is 1. The van der Waals surface area contributed by atoms with Crippen LogP contribution in [0.5, 0.6) is 5.88 Å². The van der Waals surface area contributed by atoms with E-state index in [0.29, 0.717) is 43.3 Å². The maximum atomic E-state index is 14.1. The van der Waals surface area contributed by atoms with Crippen molar-refractivity contribution in [2.24, 2.45) is 0 Å². The molecule has 0 radical (unpaired) electrons. The lowest BCUT2D eigenvalue weighted by Gasteiger charge is -2.21. The first-order valence-corrected chi connectivity index (χ1v) is 12.7. The molecule has 0 unspecified atom stereocenters. The number of aliphatic hydroxyl groups excluding tert-OH is 2. The minimum Gasteiger partial charge on any atom is -0.474 e. The minimum atomic E-state index is -1.55. The zero-order chi connectivity index (χ0) is 28.8. The molecule has 13 heteroatoms. The van der Waals surface area contributed by atoms with Gasteiger partial charge in [0, 0.05) is 32.7 Å². The van der Waals surface area contributed by atoms with E-state index in [1.54, 1.807) is 38.3 Å². The molecule has 2 heterocycles. The SMILES string of the molecule is COCCN1C[C@@H](NC(=O)Nc2c(C)c(OC[C@@H](O)CO)nn2-c2ccccc2)[C@H](c2cc(F)c(F)c(F)c2)C1. The first kappa shape index (κ1) is 29.3. The third-order valence-electron chi connectivity index (χ3n) is 6.69. The normalized spacial score (nSPS) is 18.1. The van der Waals surface area contributed by atoms with E-state index >= 15 is 0 Å². The van der Waals surface area contributed by atoms with Crippen LogP contribution in [0.2, 0.25) is 0 Å². The fourth-order valence-corrected chi connectivity index (χ4v) is 4.62. The second-order valence-electron chi connectivity index (χ2n) is 9.54. The summed E-state index contributed by atoms with van der Waals surface area (Å²) in [5, 5.41) is 28.9. The third-order valence-corrected chi connectivity index (χ3v) is 6.69. The topological polar surface area (TPSA) is 121 Å². The molecule has 1 aliphatic rings. The van der Waals surface area contributed by atoms with Crippen molar-refractivity contribution in [2.75, 3.05) is 51.9 Å². The van der Waals surface area contributed by atoms with E-state index < -0.39 is 48.2 Å². The van der Waals surface area contributed by atoms with Gasteiger partial charge in [0.15, 0.2) is 17.5 Å². The van der Waals surface area contributed by atoms with Gasteiger partial charge in [0.25, 0.3) is 0 Å². The van der Waals surface area contributed by atoms with E-state index in [9.17, 15) is 23.1 Å². The molecule has 3 atom stereocenters. The number of carbonyl (C=O) groups is 1. The third kappa shape index (κ3) is 6.73. The lowest BCUT2D eigenvalue weighted by molar-refractivity contribution is 0.0518. The molecule has 0 saturated carbocycles. The van der Waals surface area contributed by atoms with Gasteiger partial charge in [-0.25, -0.2) is 22.6 Å². The molecule has 40 heavy (non-hydrogen) atoms. The molecule has 0 spiro atoms. The Kier molecular flexibility index (Phi) is 9.63. The molecule has 1 aromatic heterocycles. The minimum absolute atomic E-state index is 0.147. The Hall–Kier alpha value is -3.65. The van der Waals surface area contributed by atoms with Crippen LogP contribution in [0.1, 0.15) is 17.0 Å². The summed E-state index contributed by atoms with van der Waals surface area (Å²) in [7, 11) is 1.56. The number of likely N-dealkylation sites (tertiary alicyclic amines) is 1. The Labute approximate surface area is 229 Å². The van der Waals surface area contributed by atoms with Crippen LogP contribution < -0.4 is 15.4 Å². The number of methoxy groups -OCH3 is 1. The Morgan fingerprint density at radius 1 is 1.18 bits per heavy atom. The van der Waals surface area contributed by atoms with Gasteiger partial charge < -0.3 is 25.0 Å². The number of anilines is 1. The van der Waals surface area contributed by atoms with Crippen molar-refractivity contribution in [3.8, 4) is 11.6 Å². The highest BCUT2D eigenvalue weighted by Gasteiger charge is 2.36.